The number of rotatable bonds is 9. The van der Waals surface area contributed by atoms with Crippen LogP contribution in [0.5, 0.6) is 5.75 Å². The number of amides is 1. The van der Waals surface area contributed by atoms with Crippen LogP contribution in [-0.4, -0.2) is 47.6 Å². The van der Waals surface area contributed by atoms with Crippen molar-refractivity contribution < 1.29 is 18.3 Å². The summed E-state index contributed by atoms with van der Waals surface area (Å²) in [5.74, 6) is 7.17. The molecule has 2 unspecified atom stereocenters. The average molecular weight is 518 g/mol. The molecule has 1 amide bonds. The summed E-state index contributed by atoms with van der Waals surface area (Å²) in [6.45, 7) is 2.60. The van der Waals surface area contributed by atoms with Gasteiger partial charge in [0.15, 0.2) is 0 Å². The molecule has 9 nitrogen and oxygen atoms in total. The molecule has 2 aromatic rings. The molecule has 0 aromatic carbocycles. The van der Waals surface area contributed by atoms with Gasteiger partial charge in [-0.1, -0.05) is 11.8 Å². The summed E-state index contributed by atoms with van der Waals surface area (Å²) in [4.78, 5) is 21.0. The molecule has 2 saturated carbocycles. The number of nitrogens with zero attached hydrogens (tertiary/aromatic N) is 2. The molecule has 2 aromatic heterocycles. The smallest absolute Gasteiger partial charge is 0.280 e. The van der Waals surface area contributed by atoms with Gasteiger partial charge in [-0.2, -0.15) is 0 Å². The summed E-state index contributed by atoms with van der Waals surface area (Å²) < 4.78 is 31.8. The highest BCUT2D eigenvalue weighted by Gasteiger charge is 2.62. The van der Waals surface area contributed by atoms with Gasteiger partial charge in [-0.05, 0) is 43.5 Å². The first kappa shape index (κ1) is 27.3. The molecule has 2 fully saturated rings. The lowest BCUT2D eigenvalue weighted by atomic mass is 10.0. The van der Waals surface area contributed by atoms with E-state index in [1.165, 1.54) is 62.7 Å². The third kappa shape index (κ3) is 6.48. The zero-order valence-electron chi connectivity index (χ0n) is 19.8. The zero-order valence-corrected chi connectivity index (χ0v) is 20.6. The number of carbonyl (C=O) groups is 1. The number of pyridine rings is 2. The van der Waals surface area contributed by atoms with Crippen molar-refractivity contribution in [3.05, 3.63) is 35.8 Å². The molecular weight excluding hydrogens is 488 g/mol. The van der Waals surface area contributed by atoms with Crippen LogP contribution >= 0.6 is 11.8 Å². The van der Waals surface area contributed by atoms with E-state index in [0.29, 0.717) is 22.7 Å². The van der Waals surface area contributed by atoms with Gasteiger partial charge in [0.2, 0.25) is 0 Å². The molecule has 2 atom stereocenters. The fraction of sp³-hybridized carbons (Fsp3) is 0.417. The first-order chi connectivity index (χ1) is 17.4. The minimum atomic E-state index is -2.78. The number of ether oxygens (including phenoxy) is 1. The van der Waals surface area contributed by atoms with E-state index in [1.54, 1.807) is 0 Å². The lowest BCUT2D eigenvalue weighted by Gasteiger charge is -2.15. The first-order valence-corrected chi connectivity index (χ1v) is 12.2. The topological polar surface area (TPSA) is 152 Å². The minimum Gasteiger partial charge on any atom is -0.494 e. The maximum atomic E-state index is 13.3. The molecule has 2 heterocycles. The fourth-order valence-corrected chi connectivity index (χ4v) is 4.34. The van der Waals surface area contributed by atoms with Crippen molar-refractivity contribution in [2.24, 2.45) is 22.8 Å². The van der Waals surface area contributed by atoms with Crippen LogP contribution in [0.2, 0.25) is 0 Å². The van der Waals surface area contributed by atoms with Crippen molar-refractivity contribution in [1.29, 1.82) is 5.41 Å². The van der Waals surface area contributed by atoms with Crippen molar-refractivity contribution in [2.45, 2.75) is 31.1 Å². The molecule has 0 saturated heterocycles. The number of nitrogens with two attached hydrogens (primary N) is 2. The normalized spacial score (nSPS) is 17.2. The maximum Gasteiger partial charge on any atom is 0.280 e. The Labute approximate surface area is 212 Å². The minimum absolute atomic E-state index is 0.104. The maximum absolute atomic E-state index is 13.3. The van der Waals surface area contributed by atoms with Gasteiger partial charge in [-0.15, -0.1) is 11.8 Å². The van der Waals surface area contributed by atoms with Crippen molar-refractivity contribution >= 4 is 30.2 Å². The molecule has 0 radical (unpaired) electrons. The van der Waals surface area contributed by atoms with Gasteiger partial charge in [0, 0.05) is 23.2 Å². The Morgan fingerprint density at radius 3 is 2.69 bits per heavy atom. The Bertz CT molecular complexity index is 1150. The molecule has 2 aliphatic carbocycles. The van der Waals surface area contributed by atoms with Crippen molar-refractivity contribution in [3.8, 4) is 28.7 Å². The van der Waals surface area contributed by atoms with E-state index in [2.05, 4.69) is 39.2 Å². The molecule has 12 heteroatoms. The highest BCUT2D eigenvalue weighted by molar-refractivity contribution is 8.00. The molecule has 4 rings (SSSR count). The van der Waals surface area contributed by atoms with E-state index >= 15 is 0 Å². The SMILES string of the molecule is C=N.COc1cnc(C(F)F)cc1-c1cnc(NCN)cc1C(=O)NCSC(N)C#CC1CC12CC2. The zero-order chi connectivity index (χ0) is 26.3. The third-order valence-electron chi connectivity index (χ3n) is 6.03. The van der Waals surface area contributed by atoms with Crippen LogP contribution in [0.25, 0.3) is 11.1 Å². The Morgan fingerprint density at radius 2 is 2.08 bits per heavy atom. The van der Waals surface area contributed by atoms with E-state index < -0.39 is 23.4 Å². The monoisotopic (exact) mass is 517 g/mol. The van der Waals surface area contributed by atoms with E-state index in [1.807, 2.05) is 0 Å². The second-order valence-electron chi connectivity index (χ2n) is 8.25. The van der Waals surface area contributed by atoms with Gasteiger partial charge in [-0.3, -0.25) is 9.78 Å². The lowest BCUT2D eigenvalue weighted by Crippen LogP contribution is -2.27. The highest BCUT2D eigenvalue weighted by atomic mass is 32.2. The van der Waals surface area contributed by atoms with Crippen LogP contribution < -0.4 is 26.8 Å². The Hall–Kier alpha value is -3.27. The number of aromatic nitrogens is 2. The predicted molar refractivity (Wildman–Crippen MR) is 137 cm³/mol. The van der Waals surface area contributed by atoms with Gasteiger partial charge in [0.05, 0.1) is 31.4 Å². The quantitative estimate of drug-likeness (QED) is 0.193. The molecular formula is C24H29F2N7O2S. The van der Waals surface area contributed by atoms with E-state index in [9.17, 15) is 13.6 Å². The summed E-state index contributed by atoms with van der Waals surface area (Å²) in [6, 6.07) is 2.70. The van der Waals surface area contributed by atoms with Gasteiger partial charge in [0.25, 0.3) is 12.3 Å². The van der Waals surface area contributed by atoms with Gasteiger partial charge in [-0.25, -0.2) is 13.8 Å². The van der Waals surface area contributed by atoms with Crippen LogP contribution in [0.4, 0.5) is 14.6 Å². The average Bonchev–Trinajstić information content (AvgIpc) is 3.82. The van der Waals surface area contributed by atoms with Crippen molar-refractivity contribution in [2.75, 3.05) is 25.0 Å². The van der Waals surface area contributed by atoms with Crippen LogP contribution in [-0.2, 0) is 0 Å². The Kier molecular flexibility index (Phi) is 9.19. The number of methoxy groups -OCH3 is 1. The van der Waals surface area contributed by atoms with Gasteiger partial charge < -0.3 is 32.2 Å². The van der Waals surface area contributed by atoms with Crippen LogP contribution in [0.1, 0.15) is 41.7 Å². The van der Waals surface area contributed by atoms with Crippen molar-refractivity contribution in [3.63, 3.8) is 0 Å². The van der Waals surface area contributed by atoms with E-state index in [-0.39, 0.29) is 29.4 Å². The van der Waals surface area contributed by atoms with E-state index in [0.717, 1.165) is 0 Å². The number of nitrogens with one attached hydrogen (secondary N) is 3. The number of halogens is 2. The summed E-state index contributed by atoms with van der Waals surface area (Å²) in [6.07, 6.45) is 3.53. The lowest BCUT2D eigenvalue weighted by molar-refractivity contribution is 0.0961. The summed E-state index contributed by atoms with van der Waals surface area (Å²) in [7, 11) is 1.39. The second kappa shape index (κ2) is 12.1. The molecule has 0 bridgehead atoms. The van der Waals surface area contributed by atoms with Crippen LogP contribution in [0.3, 0.4) is 0 Å². The number of alkyl halides is 2. The number of thioether (sulfide) groups is 1. The van der Waals surface area contributed by atoms with Gasteiger partial charge >= 0.3 is 0 Å². The number of anilines is 1. The van der Waals surface area contributed by atoms with Crippen LogP contribution in [0, 0.1) is 28.6 Å². The standard InChI is InChI=1S/C23H26F2N6O2S.CH3N/c1-33-18-10-28-17(21(24)25)6-14(18)16-9-29-20(30-11-26)7-15(16)22(32)31-12-34-19(27)3-2-13-8-23(13)4-5-23;1-2/h6-7,9-10,13,19,21H,4-5,8,11-12,26-27H2,1H3,(H,29,30)(H,31,32);2H,1H2. The third-order valence-corrected chi connectivity index (χ3v) is 6.82. The predicted octanol–water partition coefficient (Wildman–Crippen LogP) is 3.19. The van der Waals surface area contributed by atoms with Gasteiger partial charge in [0.1, 0.15) is 22.6 Å². The van der Waals surface area contributed by atoms with Crippen molar-refractivity contribution in [1.82, 2.24) is 15.3 Å². The Balaban J connectivity index is 0.00000176. The first-order valence-electron chi connectivity index (χ1n) is 11.1. The molecule has 192 valence electrons. The summed E-state index contributed by atoms with van der Waals surface area (Å²) >= 11 is 1.31. The molecule has 1 spiro atoms. The van der Waals surface area contributed by atoms with E-state index in [4.69, 9.17) is 21.6 Å². The summed E-state index contributed by atoms with van der Waals surface area (Å²) in [5.41, 5.74) is 12.5. The molecule has 7 N–H and O–H groups in total. The number of hydrogen-bond donors (Lipinski definition) is 5. The Morgan fingerprint density at radius 1 is 1.33 bits per heavy atom. The number of hydrogen-bond acceptors (Lipinski definition) is 9. The fourth-order valence-electron chi connectivity index (χ4n) is 3.79. The molecule has 36 heavy (non-hydrogen) atoms. The van der Waals surface area contributed by atoms with Crippen LogP contribution in [0.15, 0.2) is 24.5 Å². The number of carbonyl (C=O) groups excluding carboxylic acids is 1. The molecule has 0 aliphatic heterocycles. The molecule has 2 aliphatic rings. The highest BCUT2D eigenvalue weighted by Crippen LogP contribution is 2.70. The summed E-state index contributed by atoms with van der Waals surface area (Å²) in [5, 5.41) is 10.7. The second-order valence-corrected chi connectivity index (χ2v) is 9.38. The largest absolute Gasteiger partial charge is 0.494 e.